The molecule has 0 aliphatic carbocycles. The number of nitrogens with two attached hydrogens (primary N) is 1. The van der Waals surface area contributed by atoms with Crippen molar-refractivity contribution in [2.75, 3.05) is 24.5 Å². The van der Waals surface area contributed by atoms with Gasteiger partial charge < -0.3 is 20.1 Å². The van der Waals surface area contributed by atoms with E-state index < -0.39 is 12.2 Å². The van der Waals surface area contributed by atoms with E-state index in [1.165, 1.54) is 12.1 Å². The van der Waals surface area contributed by atoms with Gasteiger partial charge in [0.05, 0.1) is 17.1 Å². The predicted molar refractivity (Wildman–Crippen MR) is 95.2 cm³/mol. The van der Waals surface area contributed by atoms with Gasteiger partial charge in [-0.3, -0.25) is 4.79 Å². The van der Waals surface area contributed by atoms with Gasteiger partial charge in [0.1, 0.15) is 18.5 Å². The van der Waals surface area contributed by atoms with E-state index >= 15 is 0 Å². The van der Waals surface area contributed by atoms with Crippen LogP contribution in [0.25, 0.3) is 11.0 Å². The second-order valence-electron chi connectivity index (χ2n) is 7.27. The Morgan fingerprint density at radius 2 is 2.15 bits per heavy atom. The first-order valence-electron chi connectivity index (χ1n) is 9.04. The number of imidazole rings is 1. The van der Waals surface area contributed by atoms with E-state index in [-0.39, 0.29) is 24.3 Å². The standard InChI is InChI=1S/C18H23F2N5O/c1-11-4-7-24(11)17(26)10-25-16-8-12(19)2-3-15(16)22-18(25)23-6-5-13(20)14(21)9-23/h2-3,8,11,13-14H,4-7,9-10,21H2,1H3/t11?,13-,14-/m1/s1. The lowest BCUT2D eigenvalue weighted by Gasteiger charge is -2.39. The largest absolute Gasteiger partial charge is 0.340 e. The van der Waals surface area contributed by atoms with Gasteiger partial charge in [-0.25, -0.2) is 13.8 Å². The third kappa shape index (κ3) is 2.92. The molecule has 26 heavy (non-hydrogen) atoms. The topological polar surface area (TPSA) is 67.4 Å². The summed E-state index contributed by atoms with van der Waals surface area (Å²) in [6.07, 6.45) is 0.275. The monoisotopic (exact) mass is 363 g/mol. The molecule has 2 aliphatic heterocycles. The number of halogens is 2. The molecule has 2 saturated heterocycles. The first kappa shape index (κ1) is 17.2. The molecule has 3 atom stereocenters. The molecule has 4 rings (SSSR count). The van der Waals surface area contributed by atoms with Crippen molar-refractivity contribution in [3.63, 3.8) is 0 Å². The summed E-state index contributed by atoms with van der Waals surface area (Å²) in [6.45, 7) is 3.63. The van der Waals surface area contributed by atoms with Gasteiger partial charge in [-0.2, -0.15) is 0 Å². The van der Waals surface area contributed by atoms with E-state index in [0.717, 1.165) is 13.0 Å². The highest BCUT2D eigenvalue weighted by Crippen LogP contribution is 2.27. The molecule has 1 aromatic carbocycles. The number of anilines is 1. The summed E-state index contributed by atoms with van der Waals surface area (Å²) in [5.41, 5.74) is 7.06. The minimum absolute atomic E-state index is 0.0155. The third-order valence-corrected chi connectivity index (χ3v) is 5.48. The van der Waals surface area contributed by atoms with Gasteiger partial charge in [0.15, 0.2) is 0 Å². The average Bonchev–Trinajstić information content (AvgIpc) is 2.93. The highest BCUT2D eigenvalue weighted by Gasteiger charge is 2.32. The molecule has 0 radical (unpaired) electrons. The second kappa shape index (κ2) is 6.50. The van der Waals surface area contributed by atoms with Gasteiger partial charge >= 0.3 is 0 Å². The van der Waals surface area contributed by atoms with Gasteiger partial charge in [0, 0.05) is 25.7 Å². The summed E-state index contributed by atoms with van der Waals surface area (Å²) in [5.74, 6) is 0.154. The highest BCUT2D eigenvalue weighted by atomic mass is 19.1. The van der Waals surface area contributed by atoms with Crippen molar-refractivity contribution >= 4 is 22.9 Å². The van der Waals surface area contributed by atoms with Gasteiger partial charge in [-0.15, -0.1) is 0 Å². The van der Waals surface area contributed by atoms with Crippen LogP contribution in [-0.2, 0) is 11.3 Å². The number of likely N-dealkylation sites (tertiary alicyclic amines) is 1. The first-order chi connectivity index (χ1) is 12.4. The SMILES string of the molecule is CC1CCN1C(=O)Cn1c(N2CC[C@@H](F)[C@H](N)C2)nc2ccc(F)cc21. The molecule has 2 N–H and O–H groups in total. The van der Waals surface area contributed by atoms with Crippen LogP contribution in [0.15, 0.2) is 18.2 Å². The summed E-state index contributed by atoms with van der Waals surface area (Å²) < 4.78 is 29.3. The maximum Gasteiger partial charge on any atom is 0.242 e. The van der Waals surface area contributed by atoms with Gasteiger partial charge in [-0.05, 0) is 38.0 Å². The molecule has 1 amide bonds. The smallest absolute Gasteiger partial charge is 0.242 e. The molecular formula is C18H23F2N5O. The number of hydrogen-bond donors (Lipinski definition) is 1. The lowest BCUT2D eigenvalue weighted by molar-refractivity contribution is -0.138. The fraction of sp³-hybridized carbons (Fsp3) is 0.556. The molecule has 2 fully saturated rings. The minimum atomic E-state index is -1.04. The summed E-state index contributed by atoms with van der Waals surface area (Å²) >= 11 is 0. The maximum atomic E-state index is 13.8. The Labute approximate surface area is 150 Å². The van der Waals surface area contributed by atoms with Crippen LogP contribution >= 0.6 is 0 Å². The average molecular weight is 363 g/mol. The molecule has 0 saturated carbocycles. The van der Waals surface area contributed by atoms with Gasteiger partial charge in [-0.1, -0.05) is 0 Å². The summed E-state index contributed by atoms with van der Waals surface area (Å²) in [6, 6.07) is 3.97. The molecule has 1 aromatic heterocycles. The van der Waals surface area contributed by atoms with E-state index in [2.05, 4.69) is 4.98 Å². The zero-order chi connectivity index (χ0) is 18.4. The Morgan fingerprint density at radius 3 is 2.81 bits per heavy atom. The number of carbonyl (C=O) groups is 1. The van der Waals surface area contributed by atoms with Crippen LogP contribution in [0.5, 0.6) is 0 Å². The Balaban J connectivity index is 1.70. The lowest BCUT2D eigenvalue weighted by atomic mass is 10.1. The highest BCUT2D eigenvalue weighted by molar-refractivity contribution is 5.84. The number of aromatic nitrogens is 2. The van der Waals surface area contributed by atoms with E-state index in [9.17, 15) is 13.6 Å². The minimum Gasteiger partial charge on any atom is -0.340 e. The number of alkyl halides is 1. The molecule has 2 aromatic rings. The number of benzene rings is 1. The number of carbonyl (C=O) groups excluding carboxylic acids is 1. The zero-order valence-corrected chi connectivity index (χ0v) is 14.7. The molecule has 1 unspecified atom stereocenters. The van der Waals surface area contributed by atoms with Crippen LogP contribution < -0.4 is 10.6 Å². The fourth-order valence-electron chi connectivity index (χ4n) is 3.73. The number of amides is 1. The number of hydrogen-bond acceptors (Lipinski definition) is 4. The summed E-state index contributed by atoms with van der Waals surface area (Å²) in [5, 5.41) is 0. The van der Waals surface area contributed by atoms with E-state index in [4.69, 9.17) is 5.73 Å². The molecule has 140 valence electrons. The van der Waals surface area contributed by atoms with Crippen molar-refractivity contribution < 1.29 is 13.6 Å². The Kier molecular flexibility index (Phi) is 4.30. The van der Waals surface area contributed by atoms with Crippen LogP contribution in [-0.4, -0.2) is 58.2 Å². The van der Waals surface area contributed by atoms with Crippen LogP contribution in [0.2, 0.25) is 0 Å². The maximum absolute atomic E-state index is 13.8. The van der Waals surface area contributed by atoms with Crippen molar-refractivity contribution in [1.29, 1.82) is 0 Å². The predicted octanol–water partition coefficient (Wildman–Crippen LogP) is 1.67. The van der Waals surface area contributed by atoms with Crippen LogP contribution in [0.4, 0.5) is 14.7 Å². The summed E-state index contributed by atoms with van der Waals surface area (Å²) in [7, 11) is 0. The third-order valence-electron chi connectivity index (χ3n) is 5.48. The second-order valence-corrected chi connectivity index (χ2v) is 7.27. The normalized spacial score (nSPS) is 26.2. The Hall–Kier alpha value is -2.22. The van der Waals surface area contributed by atoms with Crippen molar-refractivity contribution in [3.05, 3.63) is 24.0 Å². The molecule has 0 spiro atoms. The van der Waals surface area contributed by atoms with Crippen LogP contribution in [0, 0.1) is 5.82 Å². The fourth-order valence-corrected chi connectivity index (χ4v) is 3.73. The zero-order valence-electron chi connectivity index (χ0n) is 14.7. The molecule has 0 bridgehead atoms. The number of nitrogens with zero attached hydrogens (tertiary/aromatic N) is 4. The van der Waals surface area contributed by atoms with E-state index in [0.29, 0.717) is 36.5 Å². The van der Waals surface area contributed by atoms with Gasteiger partial charge in [0.2, 0.25) is 11.9 Å². The molecule has 2 aliphatic rings. The lowest BCUT2D eigenvalue weighted by Crippen LogP contribution is -2.52. The van der Waals surface area contributed by atoms with E-state index in [1.54, 1.807) is 10.6 Å². The van der Waals surface area contributed by atoms with Crippen molar-refractivity contribution in [2.45, 2.75) is 44.6 Å². The van der Waals surface area contributed by atoms with Crippen LogP contribution in [0.3, 0.4) is 0 Å². The molecule has 6 nitrogen and oxygen atoms in total. The molecular weight excluding hydrogens is 340 g/mol. The summed E-state index contributed by atoms with van der Waals surface area (Å²) in [4.78, 5) is 21.0. The van der Waals surface area contributed by atoms with Crippen LogP contribution in [0.1, 0.15) is 19.8 Å². The molecule has 8 heteroatoms. The Morgan fingerprint density at radius 1 is 1.35 bits per heavy atom. The number of piperidine rings is 1. The van der Waals surface area contributed by atoms with Crippen molar-refractivity contribution in [3.8, 4) is 0 Å². The Bertz CT molecular complexity index is 838. The first-order valence-corrected chi connectivity index (χ1v) is 9.04. The van der Waals surface area contributed by atoms with Gasteiger partial charge in [0.25, 0.3) is 0 Å². The quantitative estimate of drug-likeness (QED) is 0.901. The van der Waals surface area contributed by atoms with Crippen molar-refractivity contribution in [1.82, 2.24) is 14.5 Å². The number of rotatable bonds is 3. The molecule has 3 heterocycles. The van der Waals surface area contributed by atoms with Crippen molar-refractivity contribution in [2.24, 2.45) is 5.73 Å². The van der Waals surface area contributed by atoms with E-state index in [1.807, 2.05) is 16.7 Å². The number of fused-ring (bicyclic) bond motifs is 1.